The number of rotatable bonds is 3. The molecule has 2 N–H and O–H groups in total. The normalized spacial score (nSPS) is 11.0. The van der Waals surface area contributed by atoms with Crippen LogP contribution in [0.5, 0.6) is 0 Å². The maximum Gasteiger partial charge on any atom is 0.0519 e. The maximum atomic E-state index is 6.23. The fraction of sp³-hybridized carbons (Fsp3) is 0.250. The smallest absolute Gasteiger partial charge is 0.0519 e. The Balaban J connectivity index is 2.37. The Labute approximate surface area is 124 Å². The molecule has 0 radical (unpaired) electrons. The summed E-state index contributed by atoms with van der Waals surface area (Å²) < 4.78 is 0. The first-order valence-corrected chi connectivity index (χ1v) is 7.07. The molecule has 1 nitrogen and oxygen atoms in total. The van der Waals surface area contributed by atoms with Crippen LogP contribution in [0, 0.1) is 5.92 Å². The number of hydrogen-bond acceptors (Lipinski definition) is 1. The van der Waals surface area contributed by atoms with Gasteiger partial charge in [0.2, 0.25) is 0 Å². The lowest BCUT2D eigenvalue weighted by Gasteiger charge is -2.10. The summed E-state index contributed by atoms with van der Waals surface area (Å²) in [6, 6.07) is 11.8. The molecule has 0 fully saturated rings. The summed E-state index contributed by atoms with van der Waals surface area (Å²) in [4.78, 5) is 0. The molecule has 3 heteroatoms. The van der Waals surface area contributed by atoms with Gasteiger partial charge in [-0.25, -0.2) is 0 Å². The van der Waals surface area contributed by atoms with Crippen molar-refractivity contribution in [2.45, 2.75) is 20.3 Å². The number of halogens is 2. The lowest BCUT2D eigenvalue weighted by atomic mass is 9.99. The van der Waals surface area contributed by atoms with Crippen LogP contribution >= 0.6 is 23.2 Å². The fourth-order valence-electron chi connectivity index (χ4n) is 2.15. The molecule has 2 aromatic carbocycles. The minimum atomic E-state index is 0.579. The largest absolute Gasteiger partial charge is 0.399 e. The predicted molar refractivity (Wildman–Crippen MR) is 84.9 cm³/mol. The van der Waals surface area contributed by atoms with Crippen molar-refractivity contribution in [1.82, 2.24) is 0 Å². The number of benzene rings is 2. The molecular formula is C16H17Cl2N. The van der Waals surface area contributed by atoms with Crippen molar-refractivity contribution in [2.75, 3.05) is 5.73 Å². The second-order valence-corrected chi connectivity index (χ2v) is 5.97. The molecule has 100 valence electrons. The first-order chi connectivity index (χ1) is 8.97. The van der Waals surface area contributed by atoms with Gasteiger partial charge in [-0.05, 0) is 35.6 Å². The molecule has 0 aliphatic heterocycles. The number of anilines is 1. The van der Waals surface area contributed by atoms with Gasteiger partial charge in [-0.1, -0.05) is 61.3 Å². The monoisotopic (exact) mass is 293 g/mol. The minimum Gasteiger partial charge on any atom is -0.399 e. The van der Waals surface area contributed by atoms with E-state index in [1.807, 2.05) is 0 Å². The van der Waals surface area contributed by atoms with Gasteiger partial charge in [-0.15, -0.1) is 0 Å². The van der Waals surface area contributed by atoms with Crippen molar-refractivity contribution >= 4 is 28.9 Å². The molecule has 0 atom stereocenters. The van der Waals surface area contributed by atoms with Gasteiger partial charge in [-0.2, -0.15) is 0 Å². The molecule has 0 saturated heterocycles. The van der Waals surface area contributed by atoms with E-state index >= 15 is 0 Å². The average molecular weight is 294 g/mol. The van der Waals surface area contributed by atoms with Crippen LogP contribution in [0.2, 0.25) is 10.0 Å². The highest BCUT2D eigenvalue weighted by molar-refractivity contribution is 6.39. The molecule has 2 rings (SSSR count). The lowest BCUT2D eigenvalue weighted by Crippen LogP contribution is -1.94. The van der Waals surface area contributed by atoms with E-state index in [1.165, 1.54) is 5.56 Å². The van der Waals surface area contributed by atoms with E-state index in [0.29, 0.717) is 21.7 Å². The van der Waals surface area contributed by atoms with E-state index in [-0.39, 0.29) is 0 Å². The summed E-state index contributed by atoms with van der Waals surface area (Å²) in [6.45, 7) is 4.42. The van der Waals surface area contributed by atoms with Crippen molar-refractivity contribution in [3.05, 3.63) is 52.0 Å². The standard InChI is InChI=1S/C16H17Cl2N/c1-10(2)7-11-3-5-12(6-4-11)16-14(17)8-13(19)9-15(16)18/h3-6,8-10H,7,19H2,1-2H3. The minimum absolute atomic E-state index is 0.579. The Morgan fingerprint density at radius 3 is 2.00 bits per heavy atom. The molecule has 0 aliphatic carbocycles. The summed E-state index contributed by atoms with van der Waals surface area (Å²) in [5.74, 6) is 0.648. The first-order valence-electron chi connectivity index (χ1n) is 6.31. The van der Waals surface area contributed by atoms with Crippen molar-refractivity contribution < 1.29 is 0 Å². The van der Waals surface area contributed by atoms with Crippen LogP contribution < -0.4 is 5.73 Å². The Kier molecular flexibility index (Phi) is 4.38. The van der Waals surface area contributed by atoms with Crippen LogP contribution in [0.15, 0.2) is 36.4 Å². The van der Waals surface area contributed by atoms with Crippen molar-refractivity contribution in [1.29, 1.82) is 0 Å². The van der Waals surface area contributed by atoms with Crippen molar-refractivity contribution in [2.24, 2.45) is 5.92 Å². The van der Waals surface area contributed by atoms with Gasteiger partial charge in [0.15, 0.2) is 0 Å². The average Bonchev–Trinajstić information content (AvgIpc) is 2.29. The van der Waals surface area contributed by atoms with Crippen LogP contribution in [-0.4, -0.2) is 0 Å². The molecular weight excluding hydrogens is 277 g/mol. The summed E-state index contributed by atoms with van der Waals surface area (Å²) >= 11 is 12.5. The number of hydrogen-bond donors (Lipinski definition) is 1. The van der Waals surface area contributed by atoms with E-state index in [9.17, 15) is 0 Å². The third-order valence-electron chi connectivity index (χ3n) is 2.95. The molecule has 0 spiro atoms. The lowest BCUT2D eigenvalue weighted by molar-refractivity contribution is 0.647. The zero-order chi connectivity index (χ0) is 14.0. The Hall–Kier alpha value is -1.18. The molecule has 0 aliphatic rings. The second kappa shape index (κ2) is 5.85. The van der Waals surface area contributed by atoms with Crippen LogP contribution in [0.25, 0.3) is 11.1 Å². The zero-order valence-electron chi connectivity index (χ0n) is 11.1. The van der Waals surface area contributed by atoms with Crippen molar-refractivity contribution in [3.8, 4) is 11.1 Å². The van der Waals surface area contributed by atoms with Gasteiger partial charge in [0.05, 0.1) is 10.0 Å². The molecule has 0 bridgehead atoms. The summed E-state index contributed by atoms with van der Waals surface area (Å²) in [5.41, 5.74) is 9.47. The quantitative estimate of drug-likeness (QED) is 0.749. The highest BCUT2D eigenvalue weighted by Gasteiger charge is 2.10. The van der Waals surface area contributed by atoms with Gasteiger partial charge in [0, 0.05) is 11.3 Å². The molecule has 0 heterocycles. The van der Waals surface area contributed by atoms with E-state index in [0.717, 1.165) is 17.5 Å². The summed E-state index contributed by atoms with van der Waals surface area (Å²) in [5, 5.41) is 1.17. The third kappa shape index (κ3) is 3.43. The Bertz CT molecular complexity index is 551. The predicted octanol–water partition coefficient (Wildman–Crippen LogP) is 5.44. The van der Waals surface area contributed by atoms with Gasteiger partial charge in [0.25, 0.3) is 0 Å². The highest BCUT2D eigenvalue weighted by atomic mass is 35.5. The zero-order valence-corrected chi connectivity index (χ0v) is 12.6. The van der Waals surface area contributed by atoms with Crippen LogP contribution in [0.1, 0.15) is 19.4 Å². The van der Waals surface area contributed by atoms with E-state index in [4.69, 9.17) is 28.9 Å². The molecule has 2 aromatic rings. The molecule has 0 amide bonds. The third-order valence-corrected chi connectivity index (χ3v) is 3.55. The topological polar surface area (TPSA) is 26.0 Å². The maximum absolute atomic E-state index is 6.23. The van der Waals surface area contributed by atoms with Gasteiger partial charge in [-0.3, -0.25) is 0 Å². The highest BCUT2D eigenvalue weighted by Crippen LogP contribution is 2.36. The molecule has 0 unspecified atom stereocenters. The fourth-order valence-corrected chi connectivity index (χ4v) is 2.87. The summed E-state index contributed by atoms with van der Waals surface area (Å²) in [7, 11) is 0. The van der Waals surface area contributed by atoms with E-state index < -0.39 is 0 Å². The van der Waals surface area contributed by atoms with Crippen molar-refractivity contribution in [3.63, 3.8) is 0 Å². The van der Waals surface area contributed by atoms with E-state index in [2.05, 4.69) is 38.1 Å². The van der Waals surface area contributed by atoms with Gasteiger partial charge < -0.3 is 5.73 Å². The number of nitrogen functional groups attached to an aromatic ring is 1. The second-order valence-electron chi connectivity index (χ2n) is 5.15. The molecule has 0 aromatic heterocycles. The van der Waals surface area contributed by atoms with Gasteiger partial charge >= 0.3 is 0 Å². The van der Waals surface area contributed by atoms with Gasteiger partial charge in [0.1, 0.15) is 0 Å². The van der Waals surface area contributed by atoms with E-state index in [1.54, 1.807) is 12.1 Å². The molecule has 19 heavy (non-hydrogen) atoms. The van der Waals surface area contributed by atoms with Crippen LogP contribution in [0.4, 0.5) is 5.69 Å². The Morgan fingerprint density at radius 1 is 1.00 bits per heavy atom. The first kappa shape index (κ1) is 14.2. The summed E-state index contributed by atoms with van der Waals surface area (Å²) in [6.07, 6.45) is 1.07. The molecule has 0 saturated carbocycles. The SMILES string of the molecule is CC(C)Cc1ccc(-c2c(Cl)cc(N)cc2Cl)cc1. The van der Waals surface area contributed by atoms with Crippen LogP contribution in [0.3, 0.4) is 0 Å². The Morgan fingerprint density at radius 2 is 1.53 bits per heavy atom. The van der Waals surface area contributed by atoms with Crippen LogP contribution in [-0.2, 0) is 6.42 Å². The number of nitrogens with two attached hydrogens (primary N) is 1.